The quantitative estimate of drug-likeness (QED) is 0.695. The zero-order valence-electron chi connectivity index (χ0n) is 14.7. The van der Waals surface area contributed by atoms with Gasteiger partial charge in [0.15, 0.2) is 5.69 Å². The molecular formula is C20H18N4O3. The molecule has 136 valence electrons. The molecule has 0 bridgehead atoms. The zero-order chi connectivity index (χ0) is 19.0. The predicted molar refractivity (Wildman–Crippen MR) is 100 cm³/mol. The Balaban J connectivity index is 1.73. The summed E-state index contributed by atoms with van der Waals surface area (Å²) in [6.45, 7) is 1.98. The second kappa shape index (κ2) is 6.68. The van der Waals surface area contributed by atoms with E-state index in [1.165, 1.54) is 4.68 Å². The number of fused-ring (bicyclic) bond motifs is 1. The van der Waals surface area contributed by atoms with Crippen molar-refractivity contribution in [1.29, 1.82) is 0 Å². The fourth-order valence-corrected chi connectivity index (χ4v) is 3.06. The van der Waals surface area contributed by atoms with Crippen LogP contribution in [0, 0.1) is 11.8 Å². The van der Waals surface area contributed by atoms with Gasteiger partial charge in [-0.05, 0) is 30.5 Å². The number of hydrogen-bond donors (Lipinski definition) is 2. The first-order valence-corrected chi connectivity index (χ1v) is 8.74. The highest BCUT2D eigenvalue weighted by Crippen LogP contribution is 2.37. The van der Waals surface area contributed by atoms with Gasteiger partial charge in [0.1, 0.15) is 0 Å². The summed E-state index contributed by atoms with van der Waals surface area (Å²) < 4.78 is 1.20. The second-order valence-corrected chi connectivity index (χ2v) is 6.71. The van der Waals surface area contributed by atoms with E-state index in [-0.39, 0.29) is 23.1 Å². The number of para-hydroxylation sites is 1. The van der Waals surface area contributed by atoms with E-state index in [9.17, 15) is 14.4 Å². The van der Waals surface area contributed by atoms with Crippen LogP contribution in [0.3, 0.4) is 0 Å². The highest BCUT2D eigenvalue weighted by molar-refractivity contribution is 6.05. The van der Waals surface area contributed by atoms with Gasteiger partial charge in [0.2, 0.25) is 5.91 Å². The van der Waals surface area contributed by atoms with E-state index >= 15 is 0 Å². The van der Waals surface area contributed by atoms with Crippen molar-refractivity contribution in [2.24, 2.45) is 11.8 Å². The van der Waals surface area contributed by atoms with Crippen LogP contribution in [0.25, 0.3) is 16.5 Å². The summed E-state index contributed by atoms with van der Waals surface area (Å²) in [6, 6.07) is 15.7. The third kappa shape index (κ3) is 3.19. The predicted octanol–water partition coefficient (Wildman–Crippen LogP) is 1.80. The summed E-state index contributed by atoms with van der Waals surface area (Å²) >= 11 is 0. The maximum atomic E-state index is 12.8. The fraction of sp³-hybridized carbons (Fsp3) is 0.200. The minimum absolute atomic E-state index is 0.0618. The van der Waals surface area contributed by atoms with Crippen LogP contribution < -0.4 is 16.4 Å². The molecule has 27 heavy (non-hydrogen) atoms. The summed E-state index contributed by atoms with van der Waals surface area (Å²) in [5.41, 5.74) is 5.17. The second-order valence-electron chi connectivity index (χ2n) is 6.71. The highest BCUT2D eigenvalue weighted by Gasteiger charge is 2.39. The molecular weight excluding hydrogens is 344 g/mol. The fourth-order valence-electron chi connectivity index (χ4n) is 3.06. The Hall–Kier alpha value is -3.48. The third-order valence-electron chi connectivity index (χ3n) is 4.77. The van der Waals surface area contributed by atoms with Gasteiger partial charge in [-0.15, -0.1) is 0 Å². The Bertz CT molecular complexity index is 1090. The van der Waals surface area contributed by atoms with Gasteiger partial charge in [0, 0.05) is 11.3 Å². The van der Waals surface area contributed by atoms with Crippen molar-refractivity contribution in [2.45, 2.75) is 13.3 Å². The highest BCUT2D eigenvalue weighted by atomic mass is 16.2. The minimum atomic E-state index is -0.572. The number of hydrazine groups is 1. The third-order valence-corrected chi connectivity index (χ3v) is 4.77. The molecule has 1 saturated carbocycles. The van der Waals surface area contributed by atoms with Gasteiger partial charge in [0.05, 0.1) is 11.1 Å². The molecule has 1 aromatic heterocycles. The van der Waals surface area contributed by atoms with Crippen LogP contribution in [0.15, 0.2) is 59.4 Å². The van der Waals surface area contributed by atoms with E-state index in [2.05, 4.69) is 16.0 Å². The molecule has 2 aromatic carbocycles. The number of nitrogens with one attached hydrogen (secondary N) is 2. The average molecular weight is 362 g/mol. The van der Waals surface area contributed by atoms with Gasteiger partial charge in [-0.3, -0.25) is 25.2 Å². The van der Waals surface area contributed by atoms with Crippen molar-refractivity contribution in [3.63, 3.8) is 0 Å². The first kappa shape index (κ1) is 17.0. The number of rotatable bonds is 3. The molecule has 1 fully saturated rings. The largest absolute Gasteiger partial charge is 0.290 e. The molecule has 7 nitrogen and oxygen atoms in total. The van der Waals surface area contributed by atoms with Crippen LogP contribution in [0.2, 0.25) is 0 Å². The molecule has 3 aromatic rings. The Labute approximate surface area is 155 Å². The van der Waals surface area contributed by atoms with Crippen molar-refractivity contribution in [3.05, 3.63) is 70.6 Å². The summed E-state index contributed by atoms with van der Waals surface area (Å²) in [6.07, 6.45) is 0.821. The first-order valence-electron chi connectivity index (χ1n) is 8.74. The van der Waals surface area contributed by atoms with Gasteiger partial charge >= 0.3 is 0 Å². The summed E-state index contributed by atoms with van der Waals surface area (Å²) in [5, 5.41) is 5.07. The van der Waals surface area contributed by atoms with E-state index in [4.69, 9.17) is 0 Å². The van der Waals surface area contributed by atoms with E-state index in [1.54, 1.807) is 48.5 Å². The number of amides is 2. The van der Waals surface area contributed by atoms with E-state index < -0.39 is 5.91 Å². The van der Waals surface area contributed by atoms with Gasteiger partial charge in [0.25, 0.3) is 11.5 Å². The standard InChI is InChI=1S/C20H18N4O3/c1-12-11-16(12)18(25)21-22-19(26)17-14-9-5-6-10-15(14)20(27)24(23-17)13-7-3-2-4-8-13/h2-10,12,16H,11H2,1H3,(H,21,25)(H,22,26)/t12-,16+/m0/s1. The molecule has 0 unspecified atom stereocenters. The molecule has 1 heterocycles. The lowest BCUT2D eigenvalue weighted by atomic mass is 10.1. The lowest BCUT2D eigenvalue weighted by Crippen LogP contribution is -2.43. The molecule has 1 aliphatic rings. The van der Waals surface area contributed by atoms with Crippen LogP contribution in [0.1, 0.15) is 23.8 Å². The number of carbonyl (C=O) groups is 2. The lowest BCUT2D eigenvalue weighted by molar-refractivity contribution is -0.123. The van der Waals surface area contributed by atoms with Gasteiger partial charge in [-0.25, -0.2) is 0 Å². The molecule has 4 rings (SSSR count). The minimum Gasteiger partial charge on any atom is -0.273 e. The van der Waals surface area contributed by atoms with E-state index in [1.807, 2.05) is 13.0 Å². The maximum absolute atomic E-state index is 12.8. The molecule has 7 heteroatoms. The van der Waals surface area contributed by atoms with Crippen molar-refractivity contribution < 1.29 is 9.59 Å². The Kier molecular flexibility index (Phi) is 4.19. The molecule has 0 aliphatic heterocycles. The van der Waals surface area contributed by atoms with Crippen LogP contribution in [0.5, 0.6) is 0 Å². The number of hydrogen-bond acceptors (Lipinski definition) is 4. The van der Waals surface area contributed by atoms with Crippen LogP contribution in [0.4, 0.5) is 0 Å². The van der Waals surface area contributed by atoms with Crippen molar-refractivity contribution >= 4 is 22.6 Å². The first-order chi connectivity index (χ1) is 13.1. The maximum Gasteiger partial charge on any atom is 0.290 e. The van der Waals surface area contributed by atoms with E-state index in [0.29, 0.717) is 22.4 Å². The topological polar surface area (TPSA) is 93.1 Å². The molecule has 2 amide bonds. The number of aromatic nitrogens is 2. The Morgan fingerprint density at radius 1 is 1.00 bits per heavy atom. The Morgan fingerprint density at radius 2 is 1.63 bits per heavy atom. The smallest absolute Gasteiger partial charge is 0.273 e. The molecule has 0 saturated heterocycles. The number of benzene rings is 2. The number of nitrogens with zero attached hydrogens (tertiary/aromatic N) is 2. The van der Waals surface area contributed by atoms with Crippen LogP contribution >= 0.6 is 0 Å². The molecule has 0 radical (unpaired) electrons. The SMILES string of the molecule is C[C@H]1C[C@H]1C(=O)NNC(=O)c1nn(-c2ccccc2)c(=O)c2ccccc12. The summed E-state index contributed by atoms with van der Waals surface area (Å²) in [5.74, 6) is -0.511. The normalized spacial score (nSPS) is 18.1. The number of carbonyl (C=O) groups excluding carboxylic acids is 2. The average Bonchev–Trinajstić information content (AvgIpc) is 3.44. The van der Waals surface area contributed by atoms with Crippen molar-refractivity contribution in [2.75, 3.05) is 0 Å². The van der Waals surface area contributed by atoms with E-state index in [0.717, 1.165) is 6.42 Å². The molecule has 2 N–H and O–H groups in total. The van der Waals surface area contributed by atoms with Gasteiger partial charge < -0.3 is 0 Å². The lowest BCUT2D eigenvalue weighted by Gasteiger charge is -2.12. The zero-order valence-corrected chi connectivity index (χ0v) is 14.7. The molecule has 1 aliphatic carbocycles. The Morgan fingerprint density at radius 3 is 2.30 bits per heavy atom. The van der Waals surface area contributed by atoms with Gasteiger partial charge in [-0.2, -0.15) is 9.78 Å². The molecule has 0 spiro atoms. The monoisotopic (exact) mass is 362 g/mol. The van der Waals surface area contributed by atoms with Crippen molar-refractivity contribution in [3.8, 4) is 5.69 Å². The summed E-state index contributed by atoms with van der Waals surface area (Å²) in [4.78, 5) is 37.4. The van der Waals surface area contributed by atoms with Gasteiger partial charge in [-0.1, -0.05) is 43.3 Å². The van der Waals surface area contributed by atoms with Crippen molar-refractivity contribution in [1.82, 2.24) is 20.6 Å². The van der Waals surface area contributed by atoms with Crippen LogP contribution in [-0.4, -0.2) is 21.6 Å². The molecule has 2 atom stereocenters. The van der Waals surface area contributed by atoms with Crippen LogP contribution in [-0.2, 0) is 4.79 Å². The summed E-state index contributed by atoms with van der Waals surface area (Å²) in [7, 11) is 0.